The molecule has 1 aromatic rings. The maximum atomic E-state index is 12.5. The van der Waals surface area contributed by atoms with Crippen molar-refractivity contribution in [3.8, 4) is 0 Å². The van der Waals surface area contributed by atoms with E-state index >= 15 is 0 Å². The van der Waals surface area contributed by atoms with Gasteiger partial charge in [0.05, 0.1) is 10.6 Å². The van der Waals surface area contributed by atoms with Crippen LogP contribution in [0.25, 0.3) is 0 Å². The monoisotopic (exact) mass is 378 g/mol. The molecule has 0 atom stereocenters. The van der Waals surface area contributed by atoms with Crippen molar-refractivity contribution in [1.29, 1.82) is 0 Å². The number of rotatable bonds is 3. The molecule has 126 valence electrons. The largest absolute Gasteiger partial charge is 0.416 e. The van der Waals surface area contributed by atoms with Gasteiger partial charge in [-0.3, -0.25) is 0 Å². The number of sulfonamides is 1. The number of alkyl halides is 3. The van der Waals surface area contributed by atoms with Crippen molar-refractivity contribution in [2.24, 2.45) is 0 Å². The van der Waals surface area contributed by atoms with E-state index in [9.17, 15) is 21.6 Å². The molecule has 1 heterocycles. The molecule has 0 spiro atoms. The van der Waals surface area contributed by atoms with Crippen LogP contribution in [0.15, 0.2) is 23.1 Å². The van der Waals surface area contributed by atoms with E-state index in [0.717, 1.165) is 6.07 Å². The first-order chi connectivity index (χ1) is 9.70. The summed E-state index contributed by atoms with van der Waals surface area (Å²) in [6, 6.07) is 1.98. The molecule has 1 aliphatic rings. The van der Waals surface area contributed by atoms with Crippen LogP contribution in [0.5, 0.6) is 0 Å². The van der Waals surface area contributed by atoms with Crippen molar-refractivity contribution < 1.29 is 21.6 Å². The lowest BCUT2D eigenvalue weighted by Gasteiger charge is -2.23. The Bertz CT molecular complexity index is 617. The van der Waals surface area contributed by atoms with Gasteiger partial charge in [0.25, 0.3) is 0 Å². The molecule has 10 heteroatoms. The molecule has 0 saturated carbocycles. The minimum atomic E-state index is -4.56. The topological polar surface area (TPSA) is 58.2 Å². The van der Waals surface area contributed by atoms with Gasteiger partial charge in [0.15, 0.2) is 0 Å². The maximum Gasteiger partial charge on any atom is 0.416 e. The van der Waals surface area contributed by atoms with Gasteiger partial charge in [0.1, 0.15) is 4.90 Å². The van der Waals surface area contributed by atoms with Crippen LogP contribution in [-0.4, -0.2) is 27.5 Å². The molecule has 0 unspecified atom stereocenters. The Balaban J connectivity index is 0.00000242. The minimum absolute atomic E-state index is 0. The number of nitrogens with one attached hydrogen (secondary N) is 2. The normalized spacial score (nSPS) is 17.1. The summed E-state index contributed by atoms with van der Waals surface area (Å²) in [4.78, 5) is -0.337. The lowest BCUT2D eigenvalue weighted by Crippen LogP contribution is -2.42. The highest BCUT2D eigenvalue weighted by molar-refractivity contribution is 7.89. The summed E-state index contributed by atoms with van der Waals surface area (Å²) in [6.07, 6.45) is -3.32. The molecule has 0 amide bonds. The van der Waals surface area contributed by atoms with Gasteiger partial charge in [-0.2, -0.15) is 13.2 Å². The van der Waals surface area contributed by atoms with Gasteiger partial charge in [-0.25, -0.2) is 13.1 Å². The summed E-state index contributed by atoms with van der Waals surface area (Å²) < 4.78 is 64.5. The molecule has 1 aliphatic heterocycles. The summed E-state index contributed by atoms with van der Waals surface area (Å²) in [7, 11) is -3.93. The maximum absolute atomic E-state index is 12.5. The average Bonchev–Trinajstić information content (AvgIpc) is 2.37. The minimum Gasteiger partial charge on any atom is -0.317 e. The standard InChI is InChI=1S/C12H14ClF3N2O2S.ClH/c13-10-7-8(12(14,15)16)1-2-11(10)21(19,20)18-9-3-5-17-6-4-9;/h1-2,7,9,17-18H,3-6H2;1H. The zero-order valence-electron chi connectivity index (χ0n) is 11.3. The highest BCUT2D eigenvalue weighted by Crippen LogP contribution is 2.33. The Kier molecular flexibility index (Phi) is 6.52. The van der Waals surface area contributed by atoms with Gasteiger partial charge in [-0.15, -0.1) is 12.4 Å². The van der Waals surface area contributed by atoms with Gasteiger partial charge in [0.2, 0.25) is 10.0 Å². The second kappa shape index (κ2) is 7.35. The van der Waals surface area contributed by atoms with Crippen LogP contribution in [0.4, 0.5) is 13.2 Å². The highest BCUT2D eigenvalue weighted by atomic mass is 35.5. The van der Waals surface area contributed by atoms with Crippen molar-refractivity contribution in [2.45, 2.75) is 30.0 Å². The molecule has 2 N–H and O–H groups in total. The van der Waals surface area contributed by atoms with Gasteiger partial charge >= 0.3 is 6.18 Å². The van der Waals surface area contributed by atoms with E-state index in [1.165, 1.54) is 0 Å². The van der Waals surface area contributed by atoms with E-state index in [1.54, 1.807) is 0 Å². The second-order valence-corrected chi connectivity index (χ2v) is 6.88. The number of halogens is 5. The summed E-state index contributed by atoms with van der Waals surface area (Å²) in [5.41, 5.74) is -0.978. The number of piperidine rings is 1. The van der Waals surface area contributed by atoms with Crippen LogP contribution < -0.4 is 10.0 Å². The van der Waals surface area contributed by atoms with Crippen molar-refractivity contribution in [1.82, 2.24) is 10.0 Å². The molecule has 2 rings (SSSR count). The first kappa shape index (κ1) is 19.5. The molecule has 4 nitrogen and oxygen atoms in total. The van der Waals surface area contributed by atoms with E-state index < -0.39 is 26.8 Å². The molecule has 0 aromatic heterocycles. The van der Waals surface area contributed by atoms with Crippen LogP contribution in [0.1, 0.15) is 18.4 Å². The molecule has 0 aliphatic carbocycles. The van der Waals surface area contributed by atoms with Gasteiger partial charge in [-0.1, -0.05) is 11.6 Å². The molecule has 1 aromatic carbocycles. The van der Waals surface area contributed by atoms with E-state index in [0.29, 0.717) is 38.1 Å². The van der Waals surface area contributed by atoms with E-state index in [4.69, 9.17) is 11.6 Å². The van der Waals surface area contributed by atoms with Crippen molar-refractivity contribution in [3.63, 3.8) is 0 Å². The van der Waals surface area contributed by atoms with Crippen LogP contribution >= 0.6 is 24.0 Å². The number of hydrogen-bond donors (Lipinski definition) is 2. The van der Waals surface area contributed by atoms with Crippen molar-refractivity contribution >= 4 is 34.0 Å². The molecular weight excluding hydrogens is 364 g/mol. The van der Waals surface area contributed by atoms with Crippen LogP contribution in [0.2, 0.25) is 5.02 Å². The van der Waals surface area contributed by atoms with Crippen molar-refractivity contribution in [2.75, 3.05) is 13.1 Å². The van der Waals surface area contributed by atoms with Gasteiger partial charge in [-0.05, 0) is 44.1 Å². The molecule has 22 heavy (non-hydrogen) atoms. The Morgan fingerprint density at radius 3 is 2.32 bits per heavy atom. The quantitative estimate of drug-likeness (QED) is 0.849. The fraction of sp³-hybridized carbons (Fsp3) is 0.500. The first-order valence-corrected chi connectivity index (χ1v) is 8.16. The Labute approximate surface area is 137 Å². The van der Waals surface area contributed by atoms with Crippen molar-refractivity contribution in [3.05, 3.63) is 28.8 Å². The molecular formula is C12H15Cl2F3N2O2S. The Morgan fingerprint density at radius 1 is 1.23 bits per heavy atom. The van der Waals surface area contributed by atoms with E-state index in [2.05, 4.69) is 10.0 Å². The third kappa shape index (κ3) is 4.73. The van der Waals surface area contributed by atoms with Crippen LogP contribution in [-0.2, 0) is 16.2 Å². The van der Waals surface area contributed by atoms with Gasteiger partial charge in [0, 0.05) is 6.04 Å². The molecule has 1 saturated heterocycles. The summed E-state index contributed by atoms with van der Waals surface area (Å²) >= 11 is 5.71. The van der Waals surface area contributed by atoms with E-state index in [1.807, 2.05) is 0 Å². The number of hydrogen-bond acceptors (Lipinski definition) is 3. The zero-order chi connectivity index (χ0) is 15.7. The Hall–Kier alpha value is -0.540. The smallest absolute Gasteiger partial charge is 0.317 e. The predicted octanol–water partition coefficient (Wildman–Crippen LogP) is 2.81. The average molecular weight is 379 g/mol. The zero-order valence-corrected chi connectivity index (χ0v) is 13.7. The van der Waals surface area contributed by atoms with Gasteiger partial charge < -0.3 is 5.32 Å². The second-order valence-electron chi connectivity index (χ2n) is 4.79. The first-order valence-electron chi connectivity index (χ1n) is 6.30. The van der Waals surface area contributed by atoms with Crippen LogP contribution in [0.3, 0.4) is 0 Å². The summed E-state index contributed by atoms with van der Waals surface area (Å²) in [5, 5.41) is 2.65. The highest BCUT2D eigenvalue weighted by Gasteiger charge is 2.32. The molecule has 0 bridgehead atoms. The molecule has 0 radical (unpaired) electrons. The third-order valence-electron chi connectivity index (χ3n) is 3.21. The summed E-state index contributed by atoms with van der Waals surface area (Å²) in [6.45, 7) is 1.38. The number of benzene rings is 1. The SMILES string of the molecule is Cl.O=S(=O)(NC1CCNCC1)c1ccc(C(F)(F)F)cc1Cl. The fourth-order valence-electron chi connectivity index (χ4n) is 2.12. The fourth-order valence-corrected chi connectivity index (χ4v) is 3.97. The predicted molar refractivity (Wildman–Crippen MR) is 79.9 cm³/mol. The van der Waals surface area contributed by atoms with E-state index in [-0.39, 0.29) is 23.3 Å². The Morgan fingerprint density at radius 2 is 1.82 bits per heavy atom. The molecule has 1 fully saturated rings. The van der Waals surface area contributed by atoms with Crippen LogP contribution in [0, 0.1) is 0 Å². The third-order valence-corrected chi connectivity index (χ3v) is 5.21. The lowest BCUT2D eigenvalue weighted by atomic mass is 10.1. The lowest BCUT2D eigenvalue weighted by molar-refractivity contribution is -0.137. The summed E-state index contributed by atoms with van der Waals surface area (Å²) in [5.74, 6) is 0.